The zero-order valence-corrected chi connectivity index (χ0v) is 17.0. The number of rotatable bonds is 5. The molecule has 0 aliphatic carbocycles. The number of thiazole rings is 1. The van der Waals surface area contributed by atoms with Gasteiger partial charge in [0, 0.05) is 31.5 Å². The number of ether oxygens (including phenoxy) is 3. The van der Waals surface area contributed by atoms with Gasteiger partial charge in [-0.15, -0.1) is 0 Å². The first-order valence-corrected chi connectivity index (χ1v) is 10.1. The van der Waals surface area contributed by atoms with Gasteiger partial charge in [0.1, 0.15) is 11.9 Å². The van der Waals surface area contributed by atoms with Crippen molar-refractivity contribution >= 4 is 27.5 Å². The summed E-state index contributed by atoms with van der Waals surface area (Å²) in [6, 6.07) is 9.68. The van der Waals surface area contributed by atoms with Gasteiger partial charge in [0.05, 0.1) is 24.4 Å². The summed E-state index contributed by atoms with van der Waals surface area (Å²) in [4.78, 5) is 19.0. The summed E-state index contributed by atoms with van der Waals surface area (Å²) >= 11 is 1.34. The SMILES string of the molecule is COc1ccc(C(=O)N2CCC(Oc3nc4ccc(F)cc4s3)CC2)cc1OC. The third-order valence-electron chi connectivity index (χ3n) is 4.96. The quantitative estimate of drug-likeness (QED) is 0.626. The van der Waals surface area contributed by atoms with E-state index in [1.807, 2.05) is 4.90 Å². The minimum Gasteiger partial charge on any atom is -0.493 e. The van der Waals surface area contributed by atoms with E-state index in [1.54, 1.807) is 38.5 Å². The topological polar surface area (TPSA) is 60.9 Å². The lowest BCUT2D eigenvalue weighted by atomic mass is 10.1. The fourth-order valence-electron chi connectivity index (χ4n) is 3.40. The molecule has 0 unspecified atom stereocenters. The fraction of sp³-hybridized carbons (Fsp3) is 0.333. The molecule has 1 aromatic heterocycles. The zero-order chi connectivity index (χ0) is 20.4. The van der Waals surface area contributed by atoms with Crippen molar-refractivity contribution in [1.29, 1.82) is 0 Å². The van der Waals surface area contributed by atoms with Crippen LogP contribution in [0, 0.1) is 5.82 Å². The predicted molar refractivity (Wildman–Crippen MR) is 109 cm³/mol. The van der Waals surface area contributed by atoms with Crippen molar-refractivity contribution in [3.63, 3.8) is 0 Å². The van der Waals surface area contributed by atoms with Gasteiger partial charge < -0.3 is 19.1 Å². The molecule has 3 aromatic rings. The van der Waals surface area contributed by atoms with Crippen LogP contribution in [-0.2, 0) is 0 Å². The van der Waals surface area contributed by atoms with Crippen LogP contribution in [0.4, 0.5) is 4.39 Å². The summed E-state index contributed by atoms with van der Waals surface area (Å²) in [5, 5.41) is 0.537. The van der Waals surface area contributed by atoms with Crippen molar-refractivity contribution in [3.05, 3.63) is 47.8 Å². The average molecular weight is 416 g/mol. The third-order valence-corrected chi connectivity index (χ3v) is 5.87. The van der Waals surface area contributed by atoms with Gasteiger partial charge >= 0.3 is 0 Å². The highest BCUT2D eigenvalue weighted by atomic mass is 32.1. The number of benzene rings is 2. The molecule has 2 aromatic carbocycles. The molecule has 4 rings (SSSR count). The lowest BCUT2D eigenvalue weighted by molar-refractivity contribution is 0.0595. The Morgan fingerprint density at radius 1 is 1.10 bits per heavy atom. The Hall–Kier alpha value is -2.87. The normalized spacial score (nSPS) is 14.8. The summed E-state index contributed by atoms with van der Waals surface area (Å²) < 4.78 is 30.6. The second kappa shape index (κ2) is 8.24. The third kappa shape index (κ3) is 4.12. The molecule has 0 saturated carbocycles. The molecule has 0 spiro atoms. The Balaban J connectivity index is 1.37. The van der Waals surface area contributed by atoms with Gasteiger partial charge in [-0.3, -0.25) is 4.79 Å². The Labute approximate surface area is 171 Å². The highest BCUT2D eigenvalue weighted by molar-refractivity contribution is 7.20. The molecule has 2 heterocycles. The van der Waals surface area contributed by atoms with Crippen LogP contribution in [0.3, 0.4) is 0 Å². The minimum atomic E-state index is -0.283. The van der Waals surface area contributed by atoms with Crippen molar-refractivity contribution in [3.8, 4) is 16.7 Å². The molecule has 1 aliphatic rings. The first-order valence-electron chi connectivity index (χ1n) is 9.31. The maximum atomic E-state index is 13.3. The van der Waals surface area contributed by atoms with Crippen LogP contribution in [0.25, 0.3) is 10.2 Å². The second-order valence-electron chi connectivity index (χ2n) is 6.77. The molecule has 8 heteroatoms. The fourth-order valence-corrected chi connectivity index (χ4v) is 4.30. The van der Waals surface area contributed by atoms with E-state index < -0.39 is 0 Å². The molecule has 1 amide bonds. The van der Waals surface area contributed by atoms with Crippen molar-refractivity contribution in [2.24, 2.45) is 0 Å². The van der Waals surface area contributed by atoms with Crippen LogP contribution in [0.15, 0.2) is 36.4 Å². The monoisotopic (exact) mass is 416 g/mol. The number of carbonyl (C=O) groups excluding carboxylic acids is 1. The van der Waals surface area contributed by atoms with Gasteiger partial charge in [-0.1, -0.05) is 11.3 Å². The number of amides is 1. The minimum absolute atomic E-state index is 0.0186. The number of likely N-dealkylation sites (tertiary alicyclic amines) is 1. The lowest BCUT2D eigenvalue weighted by Gasteiger charge is -2.31. The predicted octanol–water partition coefficient (Wildman–Crippen LogP) is 4.14. The Morgan fingerprint density at radius 2 is 1.86 bits per heavy atom. The molecule has 1 saturated heterocycles. The molecular formula is C21H21FN2O4S. The summed E-state index contributed by atoms with van der Waals surface area (Å²) in [7, 11) is 3.11. The lowest BCUT2D eigenvalue weighted by Crippen LogP contribution is -2.41. The van der Waals surface area contributed by atoms with Gasteiger partial charge in [0.25, 0.3) is 11.1 Å². The van der Waals surface area contributed by atoms with Crippen LogP contribution in [0.5, 0.6) is 16.7 Å². The van der Waals surface area contributed by atoms with Crippen LogP contribution >= 0.6 is 11.3 Å². The van der Waals surface area contributed by atoms with Crippen LogP contribution in [0.1, 0.15) is 23.2 Å². The van der Waals surface area contributed by atoms with E-state index in [-0.39, 0.29) is 17.8 Å². The Bertz CT molecular complexity index is 1030. The van der Waals surface area contributed by atoms with E-state index in [2.05, 4.69) is 4.98 Å². The Morgan fingerprint density at radius 3 is 2.59 bits per heavy atom. The van der Waals surface area contributed by atoms with Crippen LogP contribution in [-0.4, -0.2) is 49.2 Å². The average Bonchev–Trinajstić information content (AvgIpc) is 3.14. The largest absolute Gasteiger partial charge is 0.493 e. The number of hydrogen-bond acceptors (Lipinski definition) is 6. The summed E-state index contributed by atoms with van der Waals surface area (Å²) in [5.41, 5.74) is 1.29. The standard InChI is InChI=1S/C21H21FN2O4S/c1-26-17-6-3-13(11-18(17)27-2)20(25)24-9-7-15(8-10-24)28-21-23-16-5-4-14(22)12-19(16)29-21/h3-6,11-12,15H,7-10H2,1-2H3. The van der Waals surface area contributed by atoms with Crippen LogP contribution in [0.2, 0.25) is 0 Å². The number of hydrogen-bond donors (Lipinski definition) is 0. The second-order valence-corrected chi connectivity index (χ2v) is 7.76. The van der Waals surface area contributed by atoms with Gasteiger partial charge in [-0.25, -0.2) is 9.37 Å². The zero-order valence-electron chi connectivity index (χ0n) is 16.2. The number of methoxy groups -OCH3 is 2. The number of carbonyl (C=O) groups is 1. The molecular weight excluding hydrogens is 395 g/mol. The van der Waals surface area contributed by atoms with Crippen molar-refractivity contribution in [2.75, 3.05) is 27.3 Å². The number of aromatic nitrogens is 1. The molecule has 29 heavy (non-hydrogen) atoms. The van der Waals surface area contributed by atoms with E-state index >= 15 is 0 Å². The van der Waals surface area contributed by atoms with Gasteiger partial charge in [0.15, 0.2) is 11.5 Å². The number of fused-ring (bicyclic) bond motifs is 1. The number of piperidine rings is 1. The Kier molecular flexibility index (Phi) is 5.53. The van der Waals surface area contributed by atoms with Crippen molar-refractivity contribution in [1.82, 2.24) is 9.88 Å². The molecule has 0 N–H and O–H groups in total. The summed E-state index contributed by atoms with van der Waals surface area (Å²) in [6.45, 7) is 1.19. The van der Waals surface area contributed by atoms with Crippen molar-refractivity contribution in [2.45, 2.75) is 18.9 Å². The van der Waals surface area contributed by atoms with Crippen molar-refractivity contribution < 1.29 is 23.4 Å². The summed E-state index contributed by atoms with van der Waals surface area (Å²) in [5.74, 6) is 0.797. The maximum Gasteiger partial charge on any atom is 0.274 e. The molecule has 152 valence electrons. The first-order chi connectivity index (χ1) is 14.1. The van der Waals surface area contributed by atoms with E-state index in [4.69, 9.17) is 14.2 Å². The molecule has 0 radical (unpaired) electrons. The smallest absolute Gasteiger partial charge is 0.274 e. The molecule has 1 aliphatic heterocycles. The molecule has 0 atom stereocenters. The van der Waals surface area contributed by atoms with E-state index in [0.717, 1.165) is 10.2 Å². The first kappa shape index (κ1) is 19.4. The molecule has 6 nitrogen and oxygen atoms in total. The number of halogens is 1. The molecule has 0 bridgehead atoms. The highest BCUT2D eigenvalue weighted by Crippen LogP contribution is 2.31. The number of nitrogens with zero attached hydrogens (tertiary/aromatic N) is 2. The van der Waals surface area contributed by atoms with E-state index in [0.29, 0.717) is 48.2 Å². The van der Waals surface area contributed by atoms with E-state index in [1.165, 1.54) is 23.5 Å². The van der Waals surface area contributed by atoms with Gasteiger partial charge in [0.2, 0.25) is 0 Å². The summed E-state index contributed by atoms with van der Waals surface area (Å²) in [6.07, 6.45) is 1.40. The van der Waals surface area contributed by atoms with E-state index in [9.17, 15) is 9.18 Å². The van der Waals surface area contributed by atoms with Crippen LogP contribution < -0.4 is 14.2 Å². The highest BCUT2D eigenvalue weighted by Gasteiger charge is 2.26. The maximum absolute atomic E-state index is 13.3. The van der Waals surface area contributed by atoms with Gasteiger partial charge in [-0.2, -0.15) is 0 Å². The molecule has 1 fully saturated rings. The van der Waals surface area contributed by atoms with Gasteiger partial charge in [-0.05, 0) is 36.4 Å².